The number of rotatable bonds is 0. The van der Waals surface area contributed by atoms with E-state index in [2.05, 4.69) is 55.6 Å². The summed E-state index contributed by atoms with van der Waals surface area (Å²) in [5, 5.41) is 3.55. The first-order valence-corrected chi connectivity index (χ1v) is 6.89. The second kappa shape index (κ2) is 6.44. The Morgan fingerprint density at radius 2 is 1.83 bits per heavy atom. The first-order chi connectivity index (χ1) is 8.75. The van der Waals surface area contributed by atoms with Crippen molar-refractivity contribution in [3.8, 4) is 0 Å². The van der Waals surface area contributed by atoms with Crippen molar-refractivity contribution in [3.05, 3.63) is 53.1 Å². The topological polar surface area (TPSA) is 12.0 Å². The molecule has 0 radical (unpaired) electrons. The molecule has 1 aliphatic heterocycles. The smallest absolute Gasteiger partial charge is 0.0378 e. The lowest BCUT2D eigenvalue weighted by molar-refractivity contribution is 0.822. The van der Waals surface area contributed by atoms with Crippen LogP contribution in [0.2, 0.25) is 0 Å². The van der Waals surface area contributed by atoms with E-state index in [9.17, 15) is 0 Å². The van der Waals surface area contributed by atoms with Gasteiger partial charge in [-0.2, -0.15) is 0 Å². The minimum Gasteiger partial charge on any atom is -0.381 e. The molecule has 0 spiro atoms. The van der Waals surface area contributed by atoms with Crippen LogP contribution in [0.5, 0.6) is 0 Å². The van der Waals surface area contributed by atoms with Crippen molar-refractivity contribution in [3.63, 3.8) is 0 Å². The number of para-hydroxylation sites is 1. The van der Waals surface area contributed by atoms with Crippen LogP contribution in [0, 0.1) is 0 Å². The molecule has 2 rings (SSSR count). The molecule has 1 heterocycles. The number of benzene rings is 1. The quantitative estimate of drug-likeness (QED) is 0.648. The van der Waals surface area contributed by atoms with E-state index >= 15 is 0 Å². The zero-order valence-corrected chi connectivity index (χ0v) is 11.5. The van der Waals surface area contributed by atoms with Crippen LogP contribution >= 0.6 is 0 Å². The number of hydrogen-bond donors (Lipinski definition) is 1. The first-order valence-electron chi connectivity index (χ1n) is 6.89. The van der Waals surface area contributed by atoms with E-state index in [1.54, 1.807) is 0 Å². The van der Waals surface area contributed by atoms with E-state index in [-0.39, 0.29) is 0 Å². The molecule has 1 aromatic rings. The average Bonchev–Trinajstić information content (AvgIpc) is 2.38. The van der Waals surface area contributed by atoms with Gasteiger partial charge in [-0.05, 0) is 51.2 Å². The van der Waals surface area contributed by atoms with E-state index in [1.807, 2.05) is 0 Å². The van der Waals surface area contributed by atoms with Gasteiger partial charge in [0.15, 0.2) is 0 Å². The van der Waals surface area contributed by atoms with Crippen LogP contribution in [-0.4, -0.2) is 6.54 Å². The maximum Gasteiger partial charge on any atom is 0.0378 e. The monoisotopic (exact) mass is 241 g/mol. The standard InChI is InChI=1S/C17H23N/c1-14-7-3-4-8-15(2)13-18-17-10-6-5-9-16(17)12-11-14/h5-6,8-11,18H,3-4,7,12-13H2,1-2H3/b14-11-,15-8+. The molecule has 1 aromatic carbocycles. The van der Waals surface area contributed by atoms with Crippen LogP contribution in [0.3, 0.4) is 0 Å². The van der Waals surface area contributed by atoms with E-state index in [0.29, 0.717) is 0 Å². The van der Waals surface area contributed by atoms with Crippen LogP contribution in [-0.2, 0) is 6.42 Å². The molecule has 0 saturated heterocycles. The Morgan fingerprint density at radius 1 is 1.00 bits per heavy atom. The number of allylic oxidation sites excluding steroid dienone is 3. The van der Waals surface area contributed by atoms with Gasteiger partial charge in [-0.15, -0.1) is 0 Å². The van der Waals surface area contributed by atoms with Crippen molar-refractivity contribution < 1.29 is 0 Å². The summed E-state index contributed by atoms with van der Waals surface area (Å²) >= 11 is 0. The second-order valence-electron chi connectivity index (χ2n) is 5.21. The number of nitrogens with one attached hydrogen (secondary N) is 1. The van der Waals surface area contributed by atoms with Gasteiger partial charge in [0, 0.05) is 12.2 Å². The zero-order chi connectivity index (χ0) is 12.8. The Labute approximate surface area is 111 Å². The summed E-state index contributed by atoms with van der Waals surface area (Å²) in [6.07, 6.45) is 9.46. The minimum absolute atomic E-state index is 0.958. The van der Waals surface area contributed by atoms with Gasteiger partial charge in [0.05, 0.1) is 0 Å². The number of hydrogen-bond acceptors (Lipinski definition) is 1. The van der Waals surface area contributed by atoms with Crippen LogP contribution in [0.25, 0.3) is 0 Å². The highest BCUT2D eigenvalue weighted by Crippen LogP contribution is 2.19. The number of fused-ring (bicyclic) bond motifs is 1. The summed E-state index contributed by atoms with van der Waals surface area (Å²) in [6.45, 7) is 5.42. The Hall–Kier alpha value is -1.50. The van der Waals surface area contributed by atoms with E-state index < -0.39 is 0 Å². The van der Waals surface area contributed by atoms with Gasteiger partial charge in [0.25, 0.3) is 0 Å². The lowest BCUT2D eigenvalue weighted by Gasteiger charge is -2.13. The summed E-state index contributed by atoms with van der Waals surface area (Å²) < 4.78 is 0. The van der Waals surface area contributed by atoms with Crippen LogP contribution < -0.4 is 5.32 Å². The molecule has 18 heavy (non-hydrogen) atoms. The fraction of sp³-hybridized carbons (Fsp3) is 0.412. The van der Waals surface area contributed by atoms with Crippen molar-refractivity contribution in [2.75, 3.05) is 11.9 Å². The molecule has 1 heteroatoms. The Kier molecular flexibility index (Phi) is 4.63. The maximum absolute atomic E-state index is 3.55. The summed E-state index contributed by atoms with van der Waals surface area (Å²) in [6, 6.07) is 8.63. The molecule has 0 atom stereocenters. The summed E-state index contributed by atoms with van der Waals surface area (Å²) in [5.41, 5.74) is 5.61. The molecule has 0 aliphatic carbocycles. The molecule has 0 bridgehead atoms. The van der Waals surface area contributed by atoms with Gasteiger partial charge in [-0.3, -0.25) is 0 Å². The molecule has 0 amide bonds. The Balaban J connectivity index is 2.22. The van der Waals surface area contributed by atoms with Crippen molar-refractivity contribution in [1.29, 1.82) is 0 Å². The molecule has 0 aromatic heterocycles. The SMILES string of the molecule is C/C1=C/Cc2ccccc2NC/C(C)=C/CCC1. The summed E-state index contributed by atoms with van der Waals surface area (Å²) in [4.78, 5) is 0. The largest absolute Gasteiger partial charge is 0.381 e. The predicted octanol–water partition coefficient (Wildman–Crippen LogP) is 4.72. The van der Waals surface area contributed by atoms with Gasteiger partial charge in [-0.1, -0.05) is 41.5 Å². The molecular weight excluding hydrogens is 218 g/mol. The number of anilines is 1. The van der Waals surface area contributed by atoms with Gasteiger partial charge >= 0.3 is 0 Å². The average molecular weight is 241 g/mol. The predicted molar refractivity (Wildman–Crippen MR) is 80.0 cm³/mol. The van der Waals surface area contributed by atoms with Gasteiger partial charge < -0.3 is 5.32 Å². The molecular formula is C17H23N. The molecule has 0 unspecified atom stereocenters. The lowest BCUT2D eigenvalue weighted by atomic mass is 10.0. The van der Waals surface area contributed by atoms with E-state index in [0.717, 1.165) is 13.0 Å². The molecule has 0 saturated carbocycles. The van der Waals surface area contributed by atoms with Crippen molar-refractivity contribution >= 4 is 5.69 Å². The minimum atomic E-state index is 0.958. The van der Waals surface area contributed by atoms with Crippen molar-refractivity contribution in [1.82, 2.24) is 0 Å². The third-order valence-corrected chi connectivity index (χ3v) is 3.51. The van der Waals surface area contributed by atoms with Gasteiger partial charge in [-0.25, -0.2) is 0 Å². The fourth-order valence-corrected chi connectivity index (χ4v) is 2.29. The first kappa shape index (κ1) is 12.9. The van der Waals surface area contributed by atoms with E-state index in [4.69, 9.17) is 0 Å². The van der Waals surface area contributed by atoms with Crippen LogP contribution in [0.4, 0.5) is 5.69 Å². The highest BCUT2D eigenvalue weighted by molar-refractivity contribution is 5.52. The second-order valence-corrected chi connectivity index (χ2v) is 5.21. The third kappa shape index (κ3) is 3.76. The van der Waals surface area contributed by atoms with Crippen molar-refractivity contribution in [2.45, 2.75) is 39.5 Å². The lowest BCUT2D eigenvalue weighted by Crippen LogP contribution is -2.05. The van der Waals surface area contributed by atoms with Gasteiger partial charge in [0.2, 0.25) is 0 Å². The highest BCUT2D eigenvalue weighted by Gasteiger charge is 2.01. The Morgan fingerprint density at radius 3 is 2.72 bits per heavy atom. The van der Waals surface area contributed by atoms with Crippen LogP contribution in [0.15, 0.2) is 47.6 Å². The molecule has 1 nitrogen and oxygen atoms in total. The summed E-state index contributed by atoms with van der Waals surface area (Å²) in [7, 11) is 0. The molecule has 1 N–H and O–H groups in total. The molecule has 96 valence electrons. The normalized spacial score (nSPS) is 23.2. The highest BCUT2D eigenvalue weighted by atomic mass is 14.9. The Bertz CT molecular complexity index is 454. The van der Waals surface area contributed by atoms with Crippen molar-refractivity contribution in [2.24, 2.45) is 0 Å². The third-order valence-electron chi connectivity index (χ3n) is 3.51. The molecule has 0 fully saturated rings. The van der Waals surface area contributed by atoms with Gasteiger partial charge in [0.1, 0.15) is 0 Å². The fourth-order valence-electron chi connectivity index (χ4n) is 2.29. The maximum atomic E-state index is 3.55. The summed E-state index contributed by atoms with van der Waals surface area (Å²) in [5.74, 6) is 0. The van der Waals surface area contributed by atoms with Crippen LogP contribution in [0.1, 0.15) is 38.7 Å². The molecule has 1 aliphatic rings. The van der Waals surface area contributed by atoms with E-state index in [1.165, 1.54) is 41.7 Å². The zero-order valence-electron chi connectivity index (χ0n) is 11.5.